The first-order valence-electron chi connectivity index (χ1n) is 8.38. The fraction of sp³-hybridized carbons (Fsp3) is 0.556. The molecule has 2 aliphatic heterocycles. The van der Waals surface area contributed by atoms with E-state index in [1.807, 2.05) is 13.0 Å². The summed E-state index contributed by atoms with van der Waals surface area (Å²) in [7, 11) is 0. The van der Waals surface area contributed by atoms with E-state index in [0.29, 0.717) is 19.7 Å². The van der Waals surface area contributed by atoms with Gasteiger partial charge in [0, 0.05) is 38.3 Å². The summed E-state index contributed by atoms with van der Waals surface area (Å²) < 4.78 is 5.28. The van der Waals surface area contributed by atoms with Crippen LogP contribution in [-0.4, -0.2) is 49.1 Å². The van der Waals surface area contributed by atoms with Crippen molar-refractivity contribution in [1.29, 1.82) is 0 Å². The first kappa shape index (κ1) is 15.8. The Bertz CT molecular complexity index is 602. The summed E-state index contributed by atoms with van der Waals surface area (Å²) in [4.78, 5) is 28.3. The van der Waals surface area contributed by atoms with Gasteiger partial charge in [0.2, 0.25) is 5.91 Å². The van der Waals surface area contributed by atoms with Gasteiger partial charge < -0.3 is 14.5 Å². The number of esters is 1. The molecule has 2 aliphatic rings. The van der Waals surface area contributed by atoms with E-state index in [-0.39, 0.29) is 23.8 Å². The minimum Gasteiger partial charge on any atom is -0.466 e. The van der Waals surface area contributed by atoms with Gasteiger partial charge in [-0.1, -0.05) is 18.2 Å². The lowest BCUT2D eigenvalue weighted by Gasteiger charge is -2.42. The minimum absolute atomic E-state index is 0.0274. The maximum Gasteiger partial charge on any atom is 0.312 e. The number of para-hydroxylation sites is 1. The topological polar surface area (TPSA) is 49.9 Å². The first-order valence-corrected chi connectivity index (χ1v) is 8.38. The van der Waals surface area contributed by atoms with Gasteiger partial charge in [-0.05, 0) is 31.4 Å². The van der Waals surface area contributed by atoms with Gasteiger partial charge in [-0.25, -0.2) is 0 Å². The zero-order chi connectivity index (χ0) is 16.4. The summed E-state index contributed by atoms with van der Waals surface area (Å²) in [6, 6.07) is 8.49. The number of anilines is 1. The Morgan fingerprint density at radius 1 is 1.26 bits per heavy atom. The number of carbonyl (C=O) groups excluding carboxylic acids is 2. The van der Waals surface area contributed by atoms with Crippen LogP contribution in [0.2, 0.25) is 0 Å². The Labute approximate surface area is 137 Å². The largest absolute Gasteiger partial charge is 0.466 e. The van der Waals surface area contributed by atoms with Gasteiger partial charge in [0.25, 0.3) is 0 Å². The quantitative estimate of drug-likeness (QED) is 0.799. The average Bonchev–Trinajstić information content (AvgIpc) is 2.98. The molecule has 0 saturated carbocycles. The fourth-order valence-electron chi connectivity index (χ4n) is 3.79. The molecule has 2 heterocycles. The van der Waals surface area contributed by atoms with Crippen LogP contribution >= 0.6 is 0 Å². The lowest BCUT2D eigenvalue weighted by atomic mass is 9.90. The molecule has 2 atom stereocenters. The van der Waals surface area contributed by atoms with Crippen molar-refractivity contribution in [3.63, 3.8) is 0 Å². The van der Waals surface area contributed by atoms with Crippen LogP contribution in [0.25, 0.3) is 0 Å². The Hall–Kier alpha value is -2.04. The minimum atomic E-state index is -0.279. The highest BCUT2D eigenvalue weighted by molar-refractivity contribution is 5.78. The monoisotopic (exact) mass is 316 g/mol. The molecule has 3 rings (SSSR count). The standard InChI is InChI=1S/C18H24N2O3/c1-3-23-18(22)15-12-19(13(2)21)10-9-17(15)20-11-8-14-6-4-5-7-16(14)20/h4-7,15,17H,3,8-12H2,1-2H3/t15-,17-/m0/s1. The molecule has 5 heteroatoms. The number of amides is 1. The average molecular weight is 316 g/mol. The van der Waals surface area contributed by atoms with Gasteiger partial charge in [-0.2, -0.15) is 0 Å². The molecule has 124 valence electrons. The molecule has 0 unspecified atom stereocenters. The summed E-state index contributed by atoms with van der Waals surface area (Å²) in [5.41, 5.74) is 2.56. The van der Waals surface area contributed by atoms with Gasteiger partial charge in [0.15, 0.2) is 0 Å². The summed E-state index contributed by atoms with van der Waals surface area (Å²) >= 11 is 0. The SMILES string of the molecule is CCOC(=O)[C@H]1CN(C(C)=O)CC[C@@H]1N1CCc2ccccc21. The number of nitrogens with zero attached hydrogens (tertiary/aromatic N) is 2. The van der Waals surface area contributed by atoms with E-state index in [0.717, 1.165) is 19.4 Å². The van der Waals surface area contributed by atoms with Crippen molar-refractivity contribution in [3.8, 4) is 0 Å². The van der Waals surface area contributed by atoms with Crippen LogP contribution in [0.1, 0.15) is 25.8 Å². The molecule has 0 radical (unpaired) electrons. The number of benzene rings is 1. The normalized spacial score (nSPS) is 23.6. The van der Waals surface area contributed by atoms with Gasteiger partial charge >= 0.3 is 5.97 Å². The number of ether oxygens (including phenoxy) is 1. The predicted molar refractivity (Wildman–Crippen MR) is 88.3 cm³/mol. The van der Waals surface area contributed by atoms with E-state index in [9.17, 15) is 9.59 Å². The highest BCUT2D eigenvalue weighted by atomic mass is 16.5. The summed E-state index contributed by atoms with van der Waals surface area (Å²) in [6.45, 7) is 5.85. The number of hydrogen-bond acceptors (Lipinski definition) is 4. The van der Waals surface area contributed by atoms with E-state index in [4.69, 9.17) is 4.74 Å². The number of likely N-dealkylation sites (tertiary alicyclic amines) is 1. The van der Waals surface area contributed by atoms with Gasteiger partial charge in [-0.15, -0.1) is 0 Å². The molecule has 23 heavy (non-hydrogen) atoms. The first-order chi connectivity index (χ1) is 11.1. The number of carbonyl (C=O) groups is 2. The molecule has 0 spiro atoms. The maximum absolute atomic E-state index is 12.5. The highest BCUT2D eigenvalue weighted by Crippen LogP contribution is 2.34. The molecule has 5 nitrogen and oxygen atoms in total. The van der Waals surface area contributed by atoms with Crippen molar-refractivity contribution in [2.75, 3.05) is 31.1 Å². The van der Waals surface area contributed by atoms with Crippen LogP contribution in [0, 0.1) is 5.92 Å². The third-order valence-corrected chi connectivity index (χ3v) is 4.93. The second-order valence-corrected chi connectivity index (χ2v) is 6.25. The summed E-state index contributed by atoms with van der Waals surface area (Å²) in [5.74, 6) is -0.439. The number of fused-ring (bicyclic) bond motifs is 1. The lowest BCUT2D eigenvalue weighted by Crippen LogP contribution is -2.54. The molecule has 0 aliphatic carbocycles. The van der Waals surface area contributed by atoms with Crippen LogP contribution in [0.3, 0.4) is 0 Å². The molecule has 0 bridgehead atoms. The van der Waals surface area contributed by atoms with Crippen molar-refractivity contribution >= 4 is 17.6 Å². The van der Waals surface area contributed by atoms with Crippen molar-refractivity contribution in [1.82, 2.24) is 4.90 Å². The smallest absolute Gasteiger partial charge is 0.312 e. The molecule has 1 aromatic rings. The van der Waals surface area contributed by atoms with Crippen LogP contribution in [0.4, 0.5) is 5.69 Å². The molecule has 1 aromatic carbocycles. The van der Waals surface area contributed by atoms with Gasteiger partial charge in [-0.3, -0.25) is 9.59 Å². The van der Waals surface area contributed by atoms with Crippen molar-refractivity contribution in [2.45, 2.75) is 32.7 Å². The van der Waals surface area contributed by atoms with Crippen molar-refractivity contribution < 1.29 is 14.3 Å². The molecule has 1 amide bonds. The number of piperidine rings is 1. The van der Waals surface area contributed by atoms with Crippen LogP contribution < -0.4 is 4.90 Å². The Morgan fingerprint density at radius 2 is 2.04 bits per heavy atom. The van der Waals surface area contributed by atoms with Crippen LogP contribution in [0.15, 0.2) is 24.3 Å². The molecule has 1 fully saturated rings. The number of rotatable bonds is 3. The second kappa shape index (κ2) is 6.60. The third-order valence-electron chi connectivity index (χ3n) is 4.93. The second-order valence-electron chi connectivity index (χ2n) is 6.25. The Morgan fingerprint density at radius 3 is 2.78 bits per heavy atom. The lowest BCUT2D eigenvalue weighted by molar-refractivity contribution is -0.151. The zero-order valence-corrected chi connectivity index (χ0v) is 13.8. The van der Waals surface area contributed by atoms with Crippen LogP contribution in [0.5, 0.6) is 0 Å². The molecular weight excluding hydrogens is 292 g/mol. The number of hydrogen-bond donors (Lipinski definition) is 0. The molecule has 1 saturated heterocycles. The van der Waals surface area contributed by atoms with E-state index in [1.54, 1.807) is 11.8 Å². The van der Waals surface area contributed by atoms with E-state index >= 15 is 0 Å². The van der Waals surface area contributed by atoms with Crippen molar-refractivity contribution in [3.05, 3.63) is 29.8 Å². The third kappa shape index (κ3) is 3.05. The van der Waals surface area contributed by atoms with Crippen LogP contribution in [-0.2, 0) is 20.7 Å². The molecule has 0 aromatic heterocycles. The molecular formula is C18H24N2O3. The summed E-state index contributed by atoms with van der Waals surface area (Å²) in [5, 5.41) is 0. The molecule has 0 N–H and O–H groups in total. The predicted octanol–water partition coefficient (Wildman–Crippen LogP) is 1.85. The highest BCUT2D eigenvalue weighted by Gasteiger charge is 2.41. The van der Waals surface area contributed by atoms with E-state index < -0.39 is 0 Å². The zero-order valence-electron chi connectivity index (χ0n) is 13.8. The van der Waals surface area contributed by atoms with E-state index in [2.05, 4.69) is 23.1 Å². The maximum atomic E-state index is 12.5. The van der Waals surface area contributed by atoms with Crippen molar-refractivity contribution in [2.24, 2.45) is 5.92 Å². The fourth-order valence-corrected chi connectivity index (χ4v) is 3.79. The van der Waals surface area contributed by atoms with E-state index in [1.165, 1.54) is 11.3 Å². The summed E-state index contributed by atoms with van der Waals surface area (Å²) in [6.07, 6.45) is 1.82. The Balaban J connectivity index is 1.85. The Kier molecular flexibility index (Phi) is 4.55. The van der Waals surface area contributed by atoms with Gasteiger partial charge in [0.05, 0.1) is 12.5 Å². The van der Waals surface area contributed by atoms with Gasteiger partial charge in [0.1, 0.15) is 0 Å².